The van der Waals surface area contributed by atoms with E-state index in [1.165, 1.54) is 21.6 Å². The molecule has 0 bridgehead atoms. The number of amides is 1. The molecule has 2 heterocycles. The van der Waals surface area contributed by atoms with Gasteiger partial charge in [0.05, 0.1) is 15.6 Å². The Labute approximate surface area is 243 Å². The van der Waals surface area contributed by atoms with Gasteiger partial charge in [-0.1, -0.05) is 30.9 Å². The maximum atomic E-state index is 13.7. The quantitative estimate of drug-likeness (QED) is 0.328. The van der Waals surface area contributed by atoms with Gasteiger partial charge in [-0.15, -0.1) is 0 Å². The van der Waals surface area contributed by atoms with E-state index in [4.69, 9.17) is 0 Å². The van der Waals surface area contributed by atoms with E-state index >= 15 is 0 Å². The van der Waals surface area contributed by atoms with Crippen LogP contribution in [0, 0.1) is 0 Å². The van der Waals surface area contributed by atoms with Crippen molar-refractivity contribution < 1.29 is 21.6 Å². The number of hydrogen-bond acceptors (Lipinski definition) is 7. The van der Waals surface area contributed by atoms with Crippen molar-refractivity contribution in [3.63, 3.8) is 0 Å². The summed E-state index contributed by atoms with van der Waals surface area (Å²) in [5, 5.41) is 8.94. The summed E-state index contributed by atoms with van der Waals surface area (Å²) in [6.45, 7) is 11.0. The molecule has 0 saturated carbocycles. The first-order valence-corrected chi connectivity index (χ1v) is 16.7. The summed E-state index contributed by atoms with van der Waals surface area (Å²) >= 11 is 0. The van der Waals surface area contributed by atoms with Crippen LogP contribution in [0.1, 0.15) is 57.6 Å². The van der Waals surface area contributed by atoms with Gasteiger partial charge in [0.2, 0.25) is 26.0 Å². The largest absolute Gasteiger partial charge is 0.370 e. The second kappa shape index (κ2) is 12.8. The van der Waals surface area contributed by atoms with E-state index in [1.807, 2.05) is 13.8 Å². The smallest absolute Gasteiger partial charge is 0.243 e. The predicted octanol–water partition coefficient (Wildman–Crippen LogP) is 4.27. The van der Waals surface area contributed by atoms with Gasteiger partial charge in [-0.25, -0.2) is 16.8 Å². The molecule has 0 unspecified atom stereocenters. The maximum Gasteiger partial charge on any atom is 0.243 e. The lowest BCUT2D eigenvalue weighted by Gasteiger charge is -2.20. The Bertz CT molecular complexity index is 1540. The molecule has 0 aromatic heterocycles. The molecule has 3 N–H and O–H groups in total. The molecule has 10 nitrogen and oxygen atoms in total. The summed E-state index contributed by atoms with van der Waals surface area (Å²) in [6.07, 6.45) is 6.42. The van der Waals surface area contributed by atoms with Crippen LogP contribution in [0.15, 0.2) is 58.6 Å². The van der Waals surface area contributed by atoms with Crippen molar-refractivity contribution in [3.05, 3.63) is 59.9 Å². The molecule has 2 saturated heterocycles. The fourth-order valence-corrected chi connectivity index (χ4v) is 8.48. The van der Waals surface area contributed by atoms with Crippen molar-refractivity contribution in [3.8, 4) is 0 Å². The first-order chi connectivity index (χ1) is 19.4. The Balaban J connectivity index is 1.77. The third-order valence-corrected chi connectivity index (χ3v) is 10.8. The van der Waals surface area contributed by atoms with Crippen LogP contribution >= 0.6 is 0 Å². The molecule has 2 aliphatic heterocycles. The molecule has 4 rings (SSSR count). The van der Waals surface area contributed by atoms with Gasteiger partial charge in [-0.2, -0.15) is 8.61 Å². The van der Waals surface area contributed by atoms with Gasteiger partial charge in [0.15, 0.2) is 0 Å². The van der Waals surface area contributed by atoms with E-state index in [2.05, 4.69) is 22.5 Å². The minimum atomic E-state index is -3.84. The highest BCUT2D eigenvalue weighted by Gasteiger charge is 2.31. The van der Waals surface area contributed by atoms with Crippen LogP contribution in [0.3, 0.4) is 0 Å². The van der Waals surface area contributed by atoms with E-state index in [0.29, 0.717) is 54.5 Å². The summed E-state index contributed by atoms with van der Waals surface area (Å²) in [5.74, 6) is 0.235. The molecular formula is C29H39N5O5S2. The first-order valence-electron chi connectivity index (χ1n) is 13.8. The van der Waals surface area contributed by atoms with Crippen LogP contribution in [0.25, 0.3) is 12.2 Å². The molecule has 1 amide bonds. The lowest BCUT2D eigenvalue weighted by atomic mass is 10.1. The summed E-state index contributed by atoms with van der Waals surface area (Å²) in [7, 11) is -7.65. The third-order valence-electron chi connectivity index (χ3n) is 6.91. The lowest BCUT2D eigenvalue weighted by Crippen LogP contribution is -2.29. The molecule has 0 aliphatic carbocycles. The summed E-state index contributed by atoms with van der Waals surface area (Å²) in [6, 6.07) is 9.90. The highest BCUT2D eigenvalue weighted by Crippen LogP contribution is 2.31. The number of hydrogen-bond donors (Lipinski definition) is 3. The second-order valence-electron chi connectivity index (χ2n) is 10.6. The molecule has 2 fully saturated rings. The zero-order valence-corrected chi connectivity index (χ0v) is 25.4. The molecule has 41 heavy (non-hydrogen) atoms. The van der Waals surface area contributed by atoms with Gasteiger partial charge in [0.1, 0.15) is 0 Å². The Morgan fingerprint density at radius 1 is 0.780 bits per heavy atom. The third kappa shape index (κ3) is 7.37. The van der Waals surface area contributed by atoms with Crippen LogP contribution in [-0.4, -0.2) is 63.6 Å². The fraction of sp³-hybridized carbons (Fsp3) is 0.414. The monoisotopic (exact) mass is 601 g/mol. The summed E-state index contributed by atoms with van der Waals surface area (Å²) < 4.78 is 57.5. The Kier molecular flexibility index (Phi) is 9.58. The zero-order valence-electron chi connectivity index (χ0n) is 23.8. The first kappa shape index (κ1) is 30.8. The SMILES string of the molecule is C=C(Nc1ccc(/C=C/c2ccc(NC(C)=O)cc2S(=O)(=O)N2CCCC2)c(S(=O)(=O)N2CCCC2)c1)NC(C)C. The van der Waals surface area contributed by atoms with Crippen LogP contribution in [0.4, 0.5) is 11.4 Å². The van der Waals surface area contributed by atoms with Crippen molar-refractivity contribution >= 4 is 49.5 Å². The summed E-state index contributed by atoms with van der Waals surface area (Å²) in [5.41, 5.74) is 1.76. The Hall–Kier alpha value is -3.19. The van der Waals surface area contributed by atoms with Crippen LogP contribution < -0.4 is 16.0 Å². The lowest BCUT2D eigenvalue weighted by molar-refractivity contribution is -0.114. The highest BCUT2D eigenvalue weighted by molar-refractivity contribution is 7.89. The van der Waals surface area contributed by atoms with E-state index in [1.54, 1.807) is 42.5 Å². The number of carbonyl (C=O) groups excluding carboxylic acids is 1. The fourth-order valence-electron chi connectivity index (χ4n) is 5.02. The molecule has 2 aromatic carbocycles. The van der Waals surface area contributed by atoms with E-state index in [9.17, 15) is 21.6 Å². The second-order valence-corrected chi connectivity index (χ2v) is 14.5. The van der Waals surface area contributed by atoms with Gasteiger partial charge in [0, 0.05) is 50.5 Å². The minimum absolute atomic E-state index is 0.0557. The molecule has 0 spiro atoms. The molecular weight excluding hydrogens is 562 g/mol. The number of carbonyl (C=O) groups is 1. The van der Waals surface area contributed by atoms with Crippen molar-refractivity contribution in [1.29, 1.82) is 0 Å². The van der Waals surface area contributed by atoms with Crippen LogP contribution in [0.5, 0.6) is 0 Å². The normalized spacial score (nSPS) is 16.9. The number of nitrogens with zero attached hydrogens (tertiary/aromatic N) is 2. The van der Waals surface area contributed by atoms with Gasteiger partial charge >= 0.3 is 0 Å². The van der Waals surface area contributed by atoms with Crippen LogP contribution in [0.2, 0.25) is 0 Å². The minimum Gasteiger partial charge on any atom is -0.370 e. The van der Waals surface area contributed by atoms with Crippen molar-refractivity contribution in [2.24, 2.45) is 0 Å². The van der Waals surface area contributed by atoms with E-state index < -0.39 is 20.0 Å². The van der Waals surface area contributed by atoms with Gasteiger partial charge in [0.25, 0.3) is 0 Å². The molecule has 0 atom stereocenters. The Morgan fingerprint density at radius 2 is 1.20 bits per heavy atom. The number of rotatable bonds is 11. The number of anilines is 2. The van der Waals surface area contributed by atoms with Gasteiger partial charge in [-0.05, 0) is 74.9 Å². The van der Waals surface area contributed by atoms with Crippen molar-refractivity contribution in [2.45, 2.75) is 62.3 Å². The average molecular weight is 602 g/mol. The molecule has 222 valence electrons. The highest BCUT2D eigenvalue weighted by atomic mass is 32.2. The zero-order chi connectivity index (χ0) is 29.8. The number of benzene rings is 2. The summed E-state index contributed by atoms with van der Waals surface area (Å²) in [4.78, 5) is 11.8. The number of sulfonamides is 2. The van der Waals surface area contributed by atoms with E-state index in [-0.39, 0.29) is 21.7 Å². The Morgan fingerprint density at radius 3 is 1.59 bits per heavy atom. The maximum absolute atomic E-state index is 13.7. The predicted molar refractivity (Wildman–Crippen MR) is 163 cm³/mol. The topological polar surface area (TPSA) is 128 Å². The van der Waals surface area contributed by atoms with Gasteiger partial charge < -0.3 is 16.0 Å². The van der Waals surface area contributed by atoms with Crippen molar-refractivity contribution in [2.75, 3.05) is 36.8 Å². The standard InChI is InChI=1S/C29H39N5O5S2/c1-21(2)30-22(3)31-26-13-11-24(28(19-26)40(36,37)33-15-5-6-16-33)9-10-25-12-14-27(32-23(4)35)20-29(25)41(38,39)34-17-7-8-18-34/h9-14,19-21,30-31H,3,5-8,15-18H2,1-2,4H3,(H,32,35)/b10-9+. The molecule has 2 aliphatic rings. The molecule has 0 radical (unpaired) electrons. The van der Waals surface area contributed by atoms with Gasteiger partial charge in [-0.3, -0.25) is 4.79 Å². The van der Waals surface area contributed by atoms with Crippen molar-refractivity contribution in [1.82, 2.24) is 13.9 Å². The molecule has 12 heteroatoms. The van der Waals surface area contributed by atoms with E-state index in [0.717, 1.165) is 25.7 Å². The van der Waals surface area contributed by atoms with Crippen LogP contribution in [-0.2, 0) is 24.8 Å². The molecule has 2 aromatic rings. The average Bonchev–Trinajstić information content (AvgIpc) is 3.63. The number of nitrogens with one attached hydrogen (secondary N) is 3.